The van der Waals surface area contributed by atoms with Crippen LogP contribution in [0.25, 0.3) is 11.1 Å². The molecule has 1 aromatic heterocycles. The minimum atomic E-state index is -1.12. The zero-order valence-corrected chi connectivity index (χ0v) is 9.38. The first-order valence-electron chi connectivity index (χ1n) is 5.00. The highest BCUT2D eigenvalue weighted by molar-refractivity contribution is 5.96. The largest absolute Gasteiger partial charge is 0.867 e. The highest BCUT2D eigenvalue weighted by atomic mass is 16.5. The molecule has 0 fully saturated rings. The number of rotatable bonds is 2. The predicted octanol–water partition coefficient (Wildman–Crippen LogP) is 0.562. The third-order valence-electron chi connectivity index (χ3n) is 2.31. The zero-order chi connectivity index (χ0) is 13.1. The Hall–Kier alpha value is -2.63. The summed E-state index contributed by atoms with van der Waals surface area (Å²) in [4.78, 5) is 22.7. The summed E-state index contributed by atoms with van der Waals surface area (Å²) in [5.74, 6) is -1.76. The molecule has 0 bridgehead atoms. The SMILES string of the molecule is COC(=O)c1noc(=O)c([O-])c1-c1ccccc1. The number of benzene rings is 1. The molecule has 1 aromatic carbocycles. The van der Waals surface area contributed by atoms with Gasteiger partial charge in [-0.1, -0.05) is 35.5 Å². The van der Waals surface area contributed by atoms with E-state index in [1.165, 1.54) is 0 Å². The summed E-state index contributed by atoms with van der Waals surface area (Å²) in [5, 5.41) is 15.1. The van der Waals surface area contributed by atoms with E-state index in [9.17, 15) is 14.7 Å². The second-order valence-electron chi connectivity index (χ2n) is 3.38. The van der Waals surface area contributed by atoms with Gasteiger partial charge in [0.05, 0.1) is 7.11 Å². The maximum absolute atomic E-state index is 11.8. The number of nitrogens with zero attached hydrogens (tertiary/aromatic N) is 1. The van der Waals surface area contributed by atoms with Gasteiger partial charge in [-0.3, -0.25) is 0 Å². The molecule has 0 N–H and O–H groups in total. The summed E-state index contributed by atoms with van der Waals surface area (Å²) in [6, 6.07) is 8.26. The van der Waals surface area contributed by atoms with Gasteiger partial charge in [0.15, 0.2) is 5.69 Å². The molecule has 0 saturated heterocycles. The van der Waals surface area contributed by atoms with Crippen LogP contribution >= 0.6 is 0 Å². The molecule has 6 nitrogen and oxygen atoms in total. The number of aromatic nitrogens is 1. The van der Waals surface area contributed by atoms with Gasteiger partial charge in [-0.25, -0.2) is 9.59 Å². The monoisotopic (exact) mass is 246 g/mol. The van der Waals surface area contributed by atoms with Gasteiger partial charge in [-0.15, -0.1) is 0 Å². The molecular weight excluding hydrogens is 238 g/mol. The molecule has 2 aromatic rings. The smallest absolute Gasteiger partial charge is 0.360 e. The molecule has 0 aliphatic rings. The van der Waals surface area contributed by atoms with Crippen molar-refractivity contribution < 1.29 is 19.2 Å². The first-order chi connectivity index (χ1) is 8.65. The van der Waals surface area contributed by atoms with Crippen LogP contribution in [0.2, 0.25) is 0 Å². The summed E-state index contributed by atoms with van der Waals surface area (Å²) >= 11 is 0. The lowest BCUT2D eigenvalue weighted by Gasteiger charge is -2.13. The van der Waals surface area contributed by atoms with Gasteiger partial charge >= 0.3 is 11.6 Å². The third-order valence-corrected chi connectivity index (χ3v) is 2.31. The van der Waals surface area contributed by atoms with Crippen LogP contribution in [0, 0.1) is 0 Å². The van der Waals surface area contributed by atoms with Gasteiger partial charge < -0.3 is 14.4 Å². The average Bonchev–Trinajstić information content (AvgIpc) is 2.41. The van der Waals surface area contributed by atoms with E-state index in [0.717, 1.165) is 7.11 Å². The Morgan fingerprint density at radius 1 is 1.33 bits per heavy atom. The van der Waals surface area contributed by atoms with Crippen LogP contribution in [-0.2, 0) is 4.74 Å². The number of hydrogen-bond donors (Lipinski definition) is 0. The van der Waals surface area contributed by atoms with Crippen LogP contribution in [0.3, 0.4) is 0 Å². The van der Waals surface area contributed by atoms with Crippen molar-refractivity contribution in [3.63, 3.8) is 0 Å². The molecule has 0 aliphatic heterocycles. The highest BCUT2D eigenvalue weighted by Crippen LogP contribution is 2.27. The number of hydrogen-bond acceptors (Lipinski definition) is 6. The molecule has 0 radical (unpaired) electrons. The maximum atomic E-state index is 11.8. The van der Waals surface area contributed by atoms with E-state index in [0.29, 0.717) is 5.56 Å². The van der Waals surface area contributed by atoms with Crippen LogP contribution in [0.4, 0.5) is 0 Å². The summed E-state index contributed by atoms with van der Waals surface area (Å²) in [6.45, 7) is 0. The van der Waals surface area contributed by atoms with E-state index in [1.807, 2.05) is 0 Å². The molecule has 0 spiro atoms. The standard InChI is InChI=1S/C12H9NO5/c1-17-11(15)9-8(7-5-3-2-4-6-7)10(14)12(16)18-13-9/h2-6,14H,1H3/p-1. The van der Waals surface area contributed by atoms with Gasteiger partial charge in [0, 0.05) is 5.56 Å². The number of methoxy groups -OCH3 is 1. The Bertz CT molecular complexity index is 633. The second kappa shape index (κ2) is 4.70. The molecule has 0 aliphatic carbocycles. The normalized spacial score (nSPS) is 10.1. The van der Waals surface area contributed by atoms with Crippen molar-refractivity contribution in [2.75, 3.05) is 7.11 Å². The Balaban J connectivity index is 2.75. The van der Waals surface area contributed by atoms with E-state index < -0.39 is 17.3 Å². The van der Waals surface area contributed by atoms with Crippen LogP contribution in [0.15, 0.2) is 39.6 Å². The molecule has 0 unspecified atom stereocenters. The molecule has 0 atom stereocenters. The van der Waals surface area contributed by atoms with Gasteiger partial charge in [0.1, 0.15) is 0 Å². The van der Waals surface area contributed by atoms with E-state index in [2.05, 4.69) is 14.4 Å². The number of carbonyl (C=O) groups is 1. The predicted molar refractivity (Wildman–Crippen MR) is 59.0 cm³/mol. The average molecular weight is 246 g/mol. The van der Waals surface area contributed by atoms with Gasteiger partial charge in [0.2, 0.25) is 0 Å². The highest BCUT2D eigenvalue weighted by Gasteiger charge is 2.18. The van der Waals surface area contributed by atoms with Crippen molar-refractivity contribution in [2.45, 2.75) is 0 Å². The van der Waals surface area contributed by atoms with Crippen LogP contribution < -0.4 is 10.7 Å². The molecule has 0 saturated carbocycles. The summed E-state index contributed by atoms with van der Waals surface area (Å²) in [5.41, 5.74) is -1.14. The van der Waals surface area contributed by atoms with Crippen molar-refractivity contribution >= 4 is 5.97 Å². The number of ether oxygens (including phenoxy) is 1. The maximum Gasteiger partial charge on any atom is 0.360 e. The third kappa shape index (κ3) is 1.95. The molecule has 2 rings (SSSR count). The summed E-state index contributed by atoms with van der Waals surface area (Å²) < 4.78 is 8.75. The molecule has 6 heteroatoms. The lowest BCUT2D eigenvalue weighted by atomic mass is 10.0. The van der Waals surface area contributed by atoms with Crippen molar-refractivity contribution in [3.8, 4) is 16.9 Å². The van der Waals surface area contributed by atoms with Crippen molar-refractivity contribution in [3.05, 3.63) is 46.4 Å². The fourth-order valence-corrected chi connectivity index (χ4v) is 1.49. The number of esters is 1. The quantitative estimate of drug-likeness (QED) is 0.719. The summed E-state index contributed by atoms with van der Waals surface area (Å²) in [7, 11) is 1.15. The van der Waals surface area contributed by atoms with Gasteiger partial charge in [0.25, 0.3) is 0 Å². The van der Waals surface area contributed by atoms with E-state index in [1.54, 1.807) is 30.3 Å². The van der Waals surface area contributed by atoms with Crippen LogP contribution in [0.1, 0.15) is 10.5 Å². The molecule has 18 heavy (non-hydrogen) atoms. The van der Waals surface area contributed by atoms with Gasteiger partial charge in [-0.05, 0) is 11.3 Å². The molecule has 92 valence electrons. The van der Waals surface area contributed by atoms with E-state index >= 15 is 0 Å². The zero-order valence-electron chi connectivity index (χ0n) is 9.38. The van der Waals surface area contributed by atoms with E-state index in [4.69, 9.17) is 0 Å². The van der Waals surface area contributed by atoms with Crippen LogP contribution in [-0.4, -0.2) is 18.2 Å². The Kier molecular flexibility index (Phi) is 3.09. The number of carbonyl (C=O) groups excluding carboxylic acids is 1. The van der Waals surface area contributed by atoms with Crippen molar-refractivity contribution in [1.29, 1.82) is 0 Å². The van der Waals surface area contributed by atoms with Gasteiger partial charge in [-0.2, -0.15) is 0 Å². The molecule has 0 amide bonds. The summed E-state index contributed by atoms with van der Waals surface area (Å²) in [6.07, 6.45) is 0. The minimum Gasteiger partial charge on any atom is -0.867 e. The lowest BCUT2D eigenvalue weighted by Crippen LogP contribution is -2.17. The first-order valence-corrected chi connectivity index (χ1v) is 5.00. The Labute approximate surface area is 101 Å². The Morgan fingerprint density at radius 3 is 2.61 bits per heavy atom. The van der Waals surface area contributed by atoms with Crippen molar-refractivity contribution in [2.24, 2.45) is 0 Å². The topological polar surface area (TPSA) is 92.5 Å². The van der Waals surface area contributed by atoms with E-state index in [-0.39, 0.29) is 11.3 Å². The Morgan fingerprint density at radius 2 is 2.00 bits per heavy atom. The molecular formula is C12H8NO5-. The minimum absolute atomic E-state index is 0.112. The lowest BCUT2D eigenvalue weighted by molar-refractivity contribution is -0.271. The second-order valence-corrected chi connectivity index (χ2v) is 3.38. The first kappa shape index (κ1) is 11.8. The van der Waals surface area contributed by atoms with Crippen LogP contribution in [0.5, 0.6) is 5.75 Å². The fourth-order valence-electron chi connectivity index (χ4n) is 1.49. The molecule has 1 heterocycles. The van der Waals surface area contributed by atoms with Crippen molar-refractivity contribution in [1.82, 2.24) is 5.16 Å². The fraction of sp³-hybridized carbons (Fsp3) is 0.0833.